The largest absolute Gasteiger partial charge is 0.495 e. The third-order valence-electron chi connectivity index (χ3n) is 5.70. The lowest BCUT2D eigenvalue weighted by atomic mass is 10.2. The van der Waals surface area contributed by atoms with Gasteiger partial charge in [-0.25, -0.2) is 4.98 Å². The first-order valence-corrected chi connectivity index (χ1v) is 11.8. The molecule has 0 unspecified atom stereocenters. The van der Waals surface area contributed by atoms with Crippen molar-refractivity contribution in [1.82, 2.24) is 9.88 Å². The van der Waals surface area contributed by atoms with E-state index >= 15 is 0 Å². The van der Waals surface area contributed by atoms with Crippen molar-refractivity contribution < 1.29 is 9.53 Å². The molecule has 0 saturated carbocycles. The summed E-state index contributed by atoms with van der Waals surface area (Å²) in [4.78, 5) is 24.3. The molecule has 166 valence electrons. The number of hydrogen-bond donors (Lipinski definition) is 0. The van der Waals surface area contributed by atoms with Gasteiger partial charge in [0.25, 0.3) is 5.91 Å². The van der Waals surface area contributed by atoms with Crippen molar-refractivity contribution in [3.8, 4) is 5.75 Å². The van der Waals surface area contributed by atoms with E-state index in [0.717, 1.165) is 47.7 Å². The summed E-state index contributed by atoms with van der Waals surface area (Å²) in [6.07, 6.45) is 1.73. The molecular weight excluding hydrogens is 513 g/mol. The summed E-state index contributed by atoms with van der Waals surface area (Å²) in [5, 5.41) is 0. The van der Waals surface area contributed by atoms with Crippen molar-refractivity contribution in [3.05, 3.63) is 82.1 Å². The van der Waals surface area contributed by atoms with Gasteiger partial charge in [-0.2, -0.15) is 0 Å². The molecule has 1 fully saturated rings. The number of ether oxygens (including phenoxy) is 1. The number of amides is 1. The van der Waals surface area contributed by atoms with E-state index in [0.29, 0.717) is 17.9 Å². The van der Waals surface area contributed by atoms with Crippen molar-refractivity contribution in [1.29, 1.82) is 0 Å². The van der Waals surface area contributed by atoms with Gasteiger partial charge in [-0.1, -0.05) is 18.2 Å². The van der Waals surface area contributed by atoms with E-state index in [1.807, 2.05) is 60.7 Å². The molecule has 0 aliphatic carbocycles. The second-order valence-corrected chi connectivity index (χ2v) is 8.90. The number of para-hydroxylation sites is 2. The lowest BCUT2D eigenvalue weighted by Crippen LogP contribution is -2.49. The van der Waals surface area contributed by atoms with Crippen LogP contribution in [-0.4, -0.2) is 62.2 Å². The van der Waals surface area contributed by atoms with E-state index < -0.39 is 0 Å². The van der Waals surface area contributed by atoms with Crippen molar-refractivity contribution in [3.63, 3.8) is 0 Å². The average Bonchev–Trinajstić information content (AvgIpc) is 2.85. The minimum atomic E-state index is -0.0206. The first kappa shape index (κ1) is 22.5. The Morgan fingerprint density at radius 1 is 1.00 bits per heavy atom. The molecule has 4 rings (SSSR count). The molecule has 0 atom stereocenters. The number of hydrogen-bond acceptors (Lipinski definition) is 5. The zero-order chi connectivity index (χ0) is 22.3. The smallest absolute Gasteiger partial charge is 0.259 e. The molecule has 3 aromatic rings. The maximum atomic E-state index is 13.3. The quantitative estimate of drug-likeness (QED) is 0.422. The Hall–Kier alpha value is -2.65. The standard InChI is InChI=1S/C25H27IN4O2/c1-32-23-7-3-2-6-22(23)29-17-14-28(15-18-29)16-19-30(24-8-4-5-13-27-24)25(31)20-9-11-21(26)12-10-20/h2-13H,14-19H2,1H3/i26-2. The van der Waals surface area contributed by atoms with Crippen LogP contribution < -0.4 is 14.5 Å². The number of rotatable bonds is 7. The summed E-state index contributed by atoms with van der Waals surface area (Å²) in [5.41, 5.74) is 1.82. The van der Waals surface area contributed by atoms with Gasteiger partial charge in [0.1, 0.15) is 11.6 Å². The Labute approximate surface area is 202 Å². The normalized spacial score (nSPS) is 14.2. The number of nitrogens with zero attached hydrogens (tertiary/aromatic N) is 4. The molecule has 1 amide bonds. The van der Waals surface area contributed by atoms with E-state index in [1.165, 1.54) is 0 Å². The zero-order valence-corrected chi connectivity index (χ0v) is 20.3. The summed E-state index contributed by atoms with van der Waals surface area (Å²) >= 11 is 2.25. The van der Waals surface area contributed by atoms with Crippen LogP contribution in [0.1, 0.15) is 10.4 Å². The third-order valence-corrected chi connectivity index (χ3v) is 6.42. The molecule has 6 nitrogen and oxygen atoms in total. The van der Waals surface area contributed by atoms with E-state index in [9.17, 15) is 4.79 Å². The Bertz CT molecular complexity index is 1020. The van der Waals surface area contributed by atoms with Gasteiger partial charge in [0, 0.05) is 54.6 Å². The predicted molar refractivity (Wildman–Crippen MR) is 137 cm³/mol. The highest BCUT2D eigenvalue weighted by molar-refractivity contribution is 14.1. The van der Waals surface area contributed by atoms with Crippen LogP contribution in [0.2, 0.25) is 0 Å². The maximum absolute atomic E-state index is 13.3. The zero-order valence-electron chi connectivity index (χ0n) is 18.2. The lowest BCUT2D eigenvalue weighted by Gasteiger charge is -2.37. The molecule has 1 aliphatic rings. The van der Waals surface area contributed by atoms with Gasteiger partial charge >= 0.3 is 0 Å². The fourth-order valence-corrected chi connectivity index (χ4v) is 4.29. The number of carbonyl (C=O) groups excluding carboxylic acids is 1. The first-order valence-electron chi connectivity index (χ1n) is 10.7. The number of carbonyl (C=O) groups is 1. The van der Waals surface area contributed by atoms with E-state index in [4.69, 9.17) is 4.74 Å². The second kappa shape index (κ2) is 10.8. The minimum Gasteiger partial charge on any atom is -0.495 e. The summed E-state index contributed by atoms with van der Waals surface area (Å²) in [6.45, 7) is 5.12. The summed E-state index contributed by atoms with van der Waals surface area (Å²) in [5.74, 6) is 1.57. The van der Waals surface area contributed by atoms with Crippen LogP contribution in [0.4, 0.5) is 11.5 Å². The third kappa shape index (κ3) is 5.39. The molecule has 2 heterocycles. The highest BCUT2D eigenvalue weighted by Gasteiger charge is 2.23. The number of methoxy groups -OCH3 is 1. The topological polar surface area (TPSA) is 48.9 Å². The van der Waals surface area contributed by atoms with Crippen molar-refractivity contribution in [2.45, 2.75) is 0 Å². The Morgan fingerprint density at radius 2 is 1.72 bits per heavy atom. The van der Waals surface area contributed by atoms with Gasteiger partial charge in [0.15, 0.2) is 0 Å². The number of aromatic nitrogens is 1. The van der Waals surface area contributed by atoms with Crippen LogP contribution in [0.3, 0.4) is 0 Å². The molecule has 0 radical (unpaired) electrons. The van der Waals surface area contributed by atoms with E-state index in [2.05, 4.69) is 43.4 Å². The molecule has 1 saturated heterocycles. The van der Waals surface area contributed by atoms with Crippen molar-refractivity contribution in [2.75, 3.05) is 56.2 Å². The highest BCUT2D eigenvalue weighted by Crippen LogP contribution is 2.28. The second-order valence-electron chi connectivity index (χ2n) is 7.65. The molecule has 32 heavy (non-hydrogen) atoms. The molecule has 1 aliphatic heterocycles. The number of pyridine rings is 1. The Morgan fingerprint density at radius 3 is 2.41 bits per heavy atom. The van der Waals surface area contributed by atoms with Crippen molar-refractivity contribution in [2.24, 2.45) is 0 Å². The van der Waals surface area contributed by atoms with Gasteiger partial charge in [-0.3, -0.25) is 14.6 Å². The monoisotopic (exact) mass is 540 g/mol. The average molecular weight is 540 g/mol. The van der Waals surface area contributed by atoms with Crippen LogP contribution in [-0.2, 0) is 0 Å². The summed E-state index contributed by atoms with van der Waals surface area (Å²) < 4.78 is 6.63. The van der Waals surface area contributed by atoms with Crippen molar-refractivity contribution >= 4 is 40.0 Å². The lowest BCUT2D eigenvalue weighted by molar-refractivity contribution is 0.0982. The van der Waals surface area contributed by atoms with Crippen LogP contribution in [0.15, 0.2) is 72.9 Å². The molecule has 7 heteroatoms. The fourth-order valence-electron chi connectivity index (χ4n) is 3.93. The van der Waals surface area contributed by atoms with Crippen LogP contribution in [0, 0.1) is 3.57 Å². The summed E-state index contributed by atoms with van der Waals surface area (Å²) in [7, 11) is 1.71. The number of benzene rings is 2. The van der Waals surface area contributed by atoms with E-state index in [1.54, 1.807) is 18.2 Å². The number of piperazine rings is 1. The van der Waals surface area contributed by atoms with Gasteiger partial charge in [-0.05, 0) is 71.1 Å². The van der Waals surface area contributed by atoms with E-state index in [-0.39, 0.29) is 5.91 Å². The molecule has 2 aromatic carbocycles. The maximum Gasteiger partial charge on any atom is 0.259 e. The van der Waals surface area contributed by atoms with Gasteiger partial charge in [0.2, 0.25) is 0 Å². The predicted octanol–water partition coefficient (Wildman–Crippen LogP) is 4.16. The first-order chi connectivity index (χ1) is 15.7. The highest BCUT2D eigenvalue weighted by atomic mass is 125. The van der Waals surface area contributed by atoms with Gasteiger partial charge < -0.3 is 9.64 Å². The van der Waals surface area contributed by atoms with Crippen LogP contribution >= 0.6 is 22.6 Å². The SMILES string of the molecule is COc1ccccc1N1CCN(CCN(C(=O)c2ccc([125I])cc2)c2ccccn2)CC1. The minimum absolute atomic E-state index is 0.0206. The molecule has 0 spiro atoms. The van der Waals surface area contributed by atoms with Crippen LogP contribution in [0.25, 0.3) is 0 Å². The number of anilines is 2. The van der Waals surface area contributed by atoms with Gasteiger partial charge in [-0.15, -0.1) is 0 Å². The summed E-state index contributed by atoms with van der Waals surface area (Å²) in [6, 6.07) is 21.5. The molecule has 0 bridgehead atoms. The molecular formula is C25H27IN4O2. The van der Waals surface area contributed by atoms with Crippen LogP contribution in [0.5, 0.6) is 5.75 Å². The molecule has 1 aromatic heterocycles. The molecule has 0 N–H and O–H groups in total. The Balaban J connectivity index is 1.41. The van der Waals surface area contributed by atoms with Gasteiger partial charge in [0.05, 0.1) is 12.8 Å². The Kier molecular flexibility index (Phi) is 7.59. The number of halogens is 1. The fraction of sp³-hybridized carbons (Fsp3) is 0.280.